The van der Waals surface area contributed by atoms with Gasteiger partial charge in [0.15, 0.2) is 0 Å². The number of benzene rings is 2. The summed E-state index contributed by atoms with van der Waals surface area (Å²) in [6.07, 6.45) is 1.10. The predicted molar refractivity (Wildman–Crippen MR) is 93.7 cm³/mol. The van der Waals surface area contributed by atoms with E-state index >= 15 is 0 Å². The second-order valence-electron chi connectivity index (χ2n) is 4.33. The molecule has 0 fully saturated rings. The van der Waals surface area contributed by atoms with E-state index in [2.05, 4.69) is 0 Å². The van der Waals surface area contributed by atoms with Crippen molar-refractivity contribution in [2.24, 2.45) is 0 Å². The van der Waals surface area contributed by atoms with Crippen LogP contribution in [0.3, 0.4) is 0 Å². The van der Waals surface area contributed by atoms with Gasteiger partial charge in [-0.05, 0) is 42.5 Å². The molecule has 0 spiro atoms. The summed E-state index contributed by atoms with van der Waals surface area (Å²) in [5.74, 6) is 0. The number of sulfone groups is 1. The third-order valence-corrected chi connectivity index (χ3v) is 5.96. The van der Waals surface area contributed by atoms with E-state index in [0.29, 0.717) is 5.02 Å². The standard InChI is InChI=1S/C15H7Cl4NO2S/c16-9-1-3-10(4-2-9)23(21,22)11(8-20)7-12-13(17)5-6-14(18)15(12)19/h1-7H/b11-7+. The smallest absolute Gasteiger partial charge is 0.216 e. The Morgan fingerprint density at radius 3 is 2.09 bits per heavy atom. The summed E-state index contributed by atoms with van der Waals surface area (Å²) < 4.78 is 25.1. The van der Waals surface area contributed by atoms with Gasteiger partial charge in [-0.3, -0.25) is 0 Å². The average molecular weight is 407 g/mol. The van der Waals surface area contributed by atoms with Crippen LogP contribution < -0.4 is 0 Å². The molecule has 0 aliphatic rings. The molecule has 2 aromatic rings. The van der Waals surface area contributed by atoms with Crippen molar-refractivity contribution >= 4 is 62.3 Å². The zero-order valence-electron chi connectivity index (χ0n) is 11.2. The van der Waals surface area contributed by atoms with Crippen LogP contribution in [0.5, 0.6) is 0 Å². The van der Waals surface area contributed by atoms with Crippen LogP contribution >= 0.6 is 46.4 Å². The molecule has 2 aromatic carbocycles. The van der Waals surface area contributed by atoms with Crippen molar-refractivity contribution in [3.05, 3.63) is 67.0 Å². The summed E-state index contributed by atoms with van der Waals surface area (Å²) in [5.41, 5.74) is 0.162. The first-order valence-electron chi connectivity index (χ1n) is 6.03. The fourth-order valence-electron chi connectivity index (χ4n) is 1.72. The van der Waals surface area contributed by atoms with Gasteiger partial charge in [-0.1, -0.05) is 46.4 Å². The molecule has 0 heterocycles. The van der Waals surface area contributed by atoms with Gasteiger partial charge in [-0.15, -0.1) is 0 Å². The molecule has 0 aliphatic heterocycles. The molecule has 0 amide bonds. The number of halogens is 4. The molecule has 3 nitrogen and oxygen atoms in total. The van der Waals surface area contributed by atoms with Crippen LogP contribution in [0.25, 0.3) is 6.08 Å². The van der Waals surface area contributed by atoms with Gasteiger partial charge in [0.25, 0.3) is 0 Å². The topological polar surface area (TPSA) is 57.9 Å². The number of hydrogen-bond acceptors (Lipinski definition) is 3. The Hall–Kier alpha value is -1.22. The quantitative estimate of drug-likeness (QED) is 0.489. The van der Waals surface area contributed by atoms with E-state index in [4.69, 9.17) is 46.4 Å². The van der Waals surface area contributed by atoms with Gasteiger partial charge in [-0.25, -0.2) is 8.42 Å². The highest BCUT2D eigenvalue weighted by molar-refractivity contribution is 7.95. The van der Waals surface area contributed by atoms with Gasteiger partial charge >= 0.3 is 0 Å². The largest absolute Gasteiger partial charge is 0.218 e. The normalized spacial score (nSPS) is 12.0. The first kappa shape index (κ1) is 18.1. The molecule has 0 aromatic heterocycles. The summed E-state index contributed by atoms with van der Waals surface area (Å²) in [6.45, 7) is 0. The zero-order valence-corrected chi connectivity index (χ0v) is 15.1. The molecule has 23 heavy (non-hydrogen) atoms. The van der Waals surface area contributed by atoms with Gasteiger partial charge < -0.3 is 0 Å². The summed E-state index contributed by atoms with van der Waals surface area (Å²) in [6, 6.07) is 10.1. The first-order chi connectivity index (χ1) is 10.8. The number of nitriles is 1. The van der Waals surface area contributed by atoms with Crippen molar-refractivity contribution in [2.45, 2.75) is 4.90 Å². The van der Waals surface area contributed by atoms with Crippen molar-refractivity contribution in [1.29, 1.82) is 5.26 Å². The number of rotatable bonds is 3. The molecular formula is C15H7Cl4NO2S. The Morgan fingerprint density at radius 2 is 1.52 bits per heavy atom. The van der Waals surface area contributed by atoms with Crippen LogP contribution in [0.1, 0.15) is 5.56 Å². The average Bonchev–Trinajstić information content (AvgIpc) is 2.51. The van der Waals surface area contributed by atoms with E-state index in [1.54, 1.807) is 6.07 Å². The Labute approximate surface area is 153 Å². The maximum absolute atomic E-state index is 12.5. The summed E-state index contributed by atoms with van der Waals surface area (Å²) in [4.78, 5) is -0.574. The minimum Gasteiger partial charge on any atom is -0.218 e. The molecule has 0 N–H and O–H groups in total. The summed E-state index contributed by atoms with van der Waals surface area (Å²) in [5, 5.41) is 10.1. The molecule has 0 aliphatic carbocycles. The van der Waals surface area contributed by atoms with Crippen LogP contribution in [0.15, 0.2) is 46.2 Å². The van der Waals surface area contributed by atoms with Crippen LogP contribution in [-0.4, -0.2) is 8.42 Å². The van der Waals surface area contributed by atoms with Crippen molar-refractivity contribution < 1.29 is 8.42 Å². The lowest BCUT2D eigenvalue weighted by molar-refractivity contribution is 0.603. The van der Waals surface area contributed by atoms with E-state index < -0.39 is 14.7 Å². The maximum Gasteiger partial charge on any atom is 0.216 e. The monoisotopic (exact) mass is 405 g/mol. The molecule has 0 saturated heterocycles. The van der Waals surface area contributed by atoms with Gasteiger partial charge in [0.2, 0.25) is 9.84 Å². The minimum atomic E-state index is -4.03. The Kier molecular flexibility index (Phi) is 5.61. The van der Waals surface area contributed by atoms with E-state index in [-0.39, 0.29) is 25.5 Å². The number of nitrogens with zero attached hydrogens (tertiary/aromatic N) is 1. The van der Waals surface area contributed by atoms with Crippen molar-refractivity contribution in [2.75, 3.05) is 0 Å². The highest BCUT2D eigenvalue weighted by Gasteiger charge is 2.22. The Bertz CT molecular complexity index is 929. The minimum absolute atomic E-state index is 0.0658. The molecule has 118 valence electrons. The molecule has 0 atom stereocenters. The third-order valence-electron chi connectivity index (χ3n) is 2.88. The van der Waals surface area contributed by atoms with Crippen LogP contribution in [0, 0.1) is 11.3 Å². The molecule has 0 saturated carbocycles. The van der Waals surface area contributed by atoms with Crippen LogP contribution in [-0.2, 0) is 9.84 Å². The van der Waals surface area contributed by atoms with E-state index in [0.717, 1.165) is 6.08 Å². The number of allylic oxidation sites excluding steroid dienone is 1. The van der Waals surface area contributed by atoms with Crippen LogP contribution in [0.2, 0.25) is 20.1 Å². The Balaban J connectivity index is 2.63. The van der Waals surface area contributed by atoms with Gasteiger partial charge in [0, 0.05) is 15.6 Å². The lowest BCUT2D eigenvalue weighted by Crippen LogP contribution is -2.03. The van der Waals surface area contributed by atoms with E-state index in [9.17, 15) is 13.7 Å². The molecule has 2 rings (SSSR count). The fourth-order valence-corrected chi connectivity index (χ4v) is 3.63. The fraction of sp³-hybridized carbons (Fsp3) is 0. The second-order valence-corrected chi connectivity index (χ2v) is 7.88. The third kappa shape index (κ3) is 3.82. The molecule has 0 unspecified atom stereocenters. The Morgan fingerprint density at radius 1 is 0.957 bits per heavy atom. The molecular weight excluding hydrogens is 400 g/mol. The van der Waals surface area contributed by atoms with E-state index in [1.165, 1.54) is 36.4 Å². The van der Waals surface area contributed by atoms with Gasteiger partial charge in [-0.2, -0.15) is 5.26 Å². The number of hydrogen-bond donors (Lipinski definition) is 0. The van der Waals surface area contributed by atoms with Gasteiger partial charge in [0.1, 0.15) is 11.0 Å². The lowest BCUT2D eigenvalue weighted by atomic mass is 10.2. The molecule has 0 bridgehead atoms. The first-order valence-corrected chi connectivity index (χ1v) is 9.03. The maximum atomic E-state index is 12.5. The van der Waals surface area contributed by atoms with Gasteiger partial charge in [0.05, 0.1) is 14.9 Å². The highest BCUT2D eigenvalue weighted by Crippen LogP contribution is 2.34. The SMILES string of the molecule is N#C/C(=C\c1c(Cl)ccc(Cl)c1Cl)S(=O)(=O)c1ccc(Cl)cc1. The lowest BCUT2D eigenvalue weighted by Gasteiger charge is -2.06. The van der Waals surface area contributed by atoms with Crippen molar-refractivity contribution in [3.8, 4) is 6.07 Å². The summed E-state index contributed by atoms with van der Waals surface area (Å²) in [7, 11) is -4.03. The zero-order chi connectivity index (χ0) is 17.2. The van der Waals surface area contributed by atoms with E-state index in [1.807, 2.05) is 0 Å². The van der Waals surface area contributed by atoms with Crippen molar-refractivity contribution in [1.82, 2.24) is 0 Å². The molecule has 8 heteroatoms. The second kappa shape index (κ2) is 7.12. The predicted octanol–water partition coefficient (Wildman–Crippen LogP) is 5.64. The summed E-state index contributed by atoms with van der Waals surface area (Å²) >= 11 is 23.7. The van der Waals surface area contributed by atoms with Crippen LogP contribution in [0.4, 0.5) is 0 Å². The highest BCUT2D eigenvalue weighted by atomic mass is 35.5. The van der Waals surface area contributed by atoms with Crippen molar-refractivity contribution in [3.63, 3.8) is 0 Å². The molecule has 0 radical (unpaired) electrons.